The highest BCUT2D eigenvalue weighted by molar-refractivity contribution is 6.00. The Hall–Kier alpha value is -7.34. The summed E-state index contributed by atoms with van der Waals surface area (Å²) in [6.07, 6.45) is 4.98. The molecule has 64 heavy (non-hydrogen) atoms. The molecular formula is C52H52N2O10. The number of pyridine rings is 2. The van der Waals surface area contributed by atoms with Crippen molar-refractivity contribution in [3.63, 3.8) is 0 Å². The number of phenols is 2. The van der Waals surface area contributed by atoms with Gasteiger partial charge in [-0.25, -0.2) is 9.59 Å². The topological polar surface area (TPSA) is 193 Å². The van der Waals surface area contributed by atoms with Gasteiger partial charge in [-0.1, -0.05) is 71.0 Å². The van der Waals surface area contributed by atoms with Gasteiger partial charge in [0.25, 0.3) is 0 Å². The van der Waals surface area contributed by atoms with Crippen molar-refractivity contribution >= 4 is 23.5 Å². The molecule has 12 heteroatoms. The van der Waals surface area contributed by atoms with Gasteiger partial charge in [0.05, 0.1) is 22.3 Å². The third-order valence-electron chi connectivity index (χ3n) is 10.8. The van der Waals surface area contributed by atoms with Crippen LogP contribution in [0.15, 0.2) is 104 Å². The zero-order valence-electron chi connectivity index (χ0n) is 37.0. The molecule has 0 unspecified atom stereocenters. The van der Waals surface area contributed by atoms with Crippen LogP contribution >= 0.6 is 0 Å². The lowest BCUT2D eigenvalue weighted by Crippen LogP contribution is -2.21. The van der Waals surface area contributed by atoms with E-state index >= 15 is 0 Å². The van der Waals surface area contributed by atoms with E-state index in [1.165, 1.54) is 24.5 Å². The van der Waals surface area contributed by atoms with Crippen molar-refractivity contribution in [1.29, 1.82) is 0 Å². The van der Waals surface area contributed by atoms with Gasteiger partial charge < -0.3 is 29.9 Å². The van der Waals surface area contributed by atoms with Crippen molar-refractivity contribution in [2.75, 3.05) is 0 Å². The first-order valence-corrected chi connectivity index (χ1v) is 20.8. The monoisotopic (exact) mass is 864 g/mol. The molecule has 330 valence electrons. The van der Waals surface area contributed by atoms with E-state index in [1.807, 2.05) is 71.0 Å². The molecule has 0 aliphatic heterocycles. The number of aromatic carboxylic acids is 2. The van der Waals surface area contributed by atoms with Gasteiger partial charge in [-0.3, -0.25) is 19.6 Å². The third kappa shape index (κ3) is 11.2. The molecule has 6 rings (SSSR count). The number of carbonyl (C=O) groups excluding carboxylic acids is 2. The SMILES string of the molecule is Cc1c(OCc2cccc(-c3cnc(CC(C)(C)CC(=O)c4ccc(OCc5cccc(-c6cncc(C(=O)O)c6)c5)c(C)c4O)cc3C(=O)O)c2)ccc(C(=O)CC(C)(C)C)c1O. The summed E-state index contributed by atoms with van der Waals surface area (Å²) in [5.41, 5.74) is 4.89. The number of hydrogen-bond acceptors (Lipinski definition) is 10. The Balaban J connectivity index is 1.10. The number of Topliss-reactive ketones (excluding diaryl/α,β-unsaturated/α-hetero) is 2. The molecule has 0 saturated heterocycles. The number of phenolic OH excluding ortho intramolecular Hbond substituents is 2. The summed E-state index contributed by atoms with van der Waals surface area (Å²) in [6.45, 7) is 13.3. The van der Waals surface area contributed by atoms with Crippen LogP contribution in [0.4, 0.5) is 0 Å². The van der Waals surface area contributed by atoms with E-state index < -0.39 is 17.4 Å². The van der Waals surface area contributed by atoms with Gasteiger partial charge in [0.1, 0.15) is 36.2 Å². The van der Waals surface area contributed by atoms with E-state index in [0.29, 0.717) is 45.0 Å². The highest BCUT2D eigenvalue weighted by atomic mass is 16.5. The smallest absolute Gasteiger partial charge is 0.337 e. The number of nitrogens with zero attached hydrogens (tertiary/aromatic N) is 2. The Morgan fingerprint density at radius 2 is 1.14 bits per heavy atom. The van der Waals surface area contributed by atoms with E-state index in [9.17, 15) is 39.6 Å². The first kappa shape index (κ1) is 46.2. The van der Waals surface area contributed by atoms with E-state index in [2.05, 4.69) is 9.97 Å². The fourth-order valence-electron chi connectivity index (χ4n) is 7.49. The number of aromatic hydroxyl groups is 2. The minimum atomic E-state index is -1.14. The van der Waals surface area contributed by atoms with Gasteiger partial charge >= 0.3 is 11.9 Å². The van der Waals surface area contributed by atoms with Crippen LogP contribution in [0.25, 0.3) is 22.3 Å². The van der Waals surface area contributed by atoms with Crippen LogP contribution in [0.2, 0.25) is 0 Å². The zero-order valence-corrected chi connectivity index (χ0v) is 37.0. The van der Waals surface area contributed by atoms with Crippen molar-refractivity contribution in [3.8, 4) is 45.3 Å². The summed E-state index contributed by atoms with van der Waals surface area (Å²) in [5.74, 6) is -2.15. The van der Waals surface area contributed by atoms with Crippen molar-refractivity contribution in [1.82, 2.24) is 9.97 Å². The Kier molecular flexibility index (Phi) is 13.7. The molecule has 4 aromatic carbocycles. The predicted octanol–water partition coefficient (Wildman–Crippen LogP) is 10.9. The maximum absolute atomic E-state index is 13.7. The predicted molar refractivity (Wildman–Crippen MR) is 242 cm³/mol. The highest BCUT2D eigenvalue weighted by Gasteiger charge is 2.28. The number of carboxylic acids is 2. The fourth-order valence-corrected chi connectivity index (χ4v) is 7.49. The molecule has 0 amide bonds. The maximum atomic E-state index is 13.7. The average molecular weight is 865 g/mol. The highest BCUT2D eigenvalue weighted by Crippen LogP contribution is 2.37. The minimum absolute atomic E-state index is 0.0337. The van der Waals surface area contributed by atoms with E-state index in [-0.39, 0.29) is 83.2 Å². The molecule has 0 bridgehead atoms. The summed E-state index contributed by atoms with van der Waals surface area (Å²) in [4.78, 5) is 59.2. The lowest BCUT2D eigenvalue weighted by Gasteiger charge is -2.24. The van der Waals surface area contributed by atoms with E-state index in [0.717, 1.165) is 16.7 Å². The largest absolute Gasteiger partial charge is 0.507 e. The number of carboxylic acid groups (broad SMARTS) is 2. The summed E-state index contributed by atoms with van der Waals surface area (Å²) < 4.78 is 12.1. The normalized spacial score (nSPS) is 11.5. The molecule has 4 N–H and O–H groups in total. The number of ether oxygens (including phenoxy) is 2. The molecule has 0 aliphatic carbocycles. The van der Waals surface area contributed by atoms with Gasteiger partial charge in [0.15, 0.2) is 11.6 Å². The number of hydrogen-bond donors (Lipinski definition) is 4. The Morgan fingerprint density at radius 3 is 1.69 bits per heavy atom. The summed E-state index contributed by atoms with van der Waals surface area (Å²) in [5, 5.41) is 41.6. The fraction of sp³-hybridized carbons (Fsp3) is 0.269. The second kappa shape index (κ2) is 19.0. The van der Waals surface area contributed by atoms with Gasteiger partial charge in [0, 0.05) is 59.4 Å². The standard InChI is InChI=1S/C52H52N2O10/c1-30-45(16-14-39(47(30)57)43(55)23-51(3,4)5)64-29-33-11-9-13-35(19-33)42-27-54-38(21-41(42)50(61)62)22-52(6,7)24-44(56)40-15-17-46(31(2)48(40)58)63-28-32-10-8-12-34(18-32)36-20-37(49(59)60)26-53-25-36/h8-21,25-27,57-58H,22-24,28-29H2,1-7H3,(H,59,60)(H,61,62). The molecule has 0 radical (unpaired) electrons. The average Bonchev–Trinajstić information content (AvgIpc) is 3.23. The van der Waals surface area contributed by atoms with Gasteiger partial charge in [-0.15, -0.1) is 0 Å². The Labute approximate surface area is 372 Å². The second-order valence-corrected chi connectivity index (χ2v) is 18.0. The Bertz CT molecular complexity index is 2770. The van der Waals surface area contributed by atoms with Crippen molar-refractivity contribution in [3.05, 3.63) is 154 Å². The van der Waals surface area contributed by atoms with Gasteiger partial charge in [-0.05, 0) is 102 Å². The summed E-state index contributed by atoms with van der Waals surface area (Å²) in [6, 6.07) is 24.1. The molecule has 12 nitrogen and oxygen atoms in total. The molecule has 0 saturated carbocycles. The van der Waals surface area contributed by atoms with Crippen molar-refractivity contribution in [2.24, 2.45) is 10.8 Å². The molecule has 0 spiro atoms. The second-order valence-electron chi connectivity index (χ2n) is 18.0. The lowest BCUT2D eigenvalue weighted by atomic mass is 9.80. The van der Waals surface area contributed by atoms with Crippen LogP contribution < -0.4 is 9.47 Å². The van der Waals surface area contributed by atoms with Crippen LogP contribution in [0.5, 0.6) is 23.0 Å². The molecular weight excluding hydrogens is 813 g/mol. The Morgan fingerprint density at radius 1 is 0.594 bits per heavy atom. The van der Waals surface area contributed by atoms with E-state index in [4.69, 9.17) is 9.47 Å². The number of rotatable bonds is 17. The van der Waals surface area contributed by atoms with Crippen molar-refractivity contribution in [2.45, 2.75) is 80.9 Å². The number of benzene rings is 4. The van der Waals surface area contributed by atoms with Crippen LogP contribution in [-0.2, 0) is 19.6 Å². The molecule has 0 fully saturated rings. The van der Waals surface area contributed by atoms with Crippen molar-refractivity contribution < 1.29 is 49.1 Å². The number of carbonyl (C=O) groups is 4. The first-order valence-electron chi connectivity index (χ1n) is 20.8. The quantitative estimate of drug-likeness (QED) is 0.0635. The van der Waals surface area contributed by atoms with Gasteiger partial charge in [0.2, 0.25) is 0 Å². The summed E-state index contributed by atoms with van der Waals surface area (Å²) in [7, 11) is 0. The molecule has 6 aromatic rings. The molecule has 0 atom stereocenters. The zero-order chi connectivity index (χ0) is 46.5. The van der Waals surface area contributed by atoms with Crippen LogP contribution in [0.1, 0.15) is 117 Å². The number of aromatic nitrogens is 2. The van der Waals surface area contributed by atoms with Crippen LogP contribution in [-0.4, -0.2) is 53.9 Å². The van der Waals surface area contributed by atoms with Gasteiger partial charge in [-0.2, -0.15) is 0 Å². The first-order chi connectivity index (χ1) is 30.2. The molecule has 0 aliphatic rings. The van der Waals surface area contributed by atoms with Crippen LogP contribution in [0.3, 0.4) is 0 Å². The van der Waals surface area contributed by atoms with E-state index in [1.54, 1.807) is 56.4 Å². The number of ketones is 2. The minimum Gasteiger partial charge on any atom is -0.507 e. The maximum Gasteiger partial charge on any atom is 0.337 e. The summed E-state index contributed by atoms with van der Waals surface area (Å²) >= 11 is 0. The third-order valence-corrected chi connectivity index (χ3v) is 10.8. The molecule has 2 heterocycles. The van der Waals surface area contributed by atoms with Crippen LogP contribution in [0, 0.1) is 24.7 Å². The molecule has 2 aromatic heterocycles. The lowest BCUT2D eigenvalue weighted by molar-refractivity contribution is 0.0686.